The lowest BCUT2D eigenvalue weighted by Crippen LogP contribution is -2.31. The molecule has 5 aromatic carbocycles. The van der Waals surface area contributed by atoms with Gasteiger partial charge in [-0.2, -0.15) is 0 Å². The number of para-hydroxylation sites is 2. The Kier molecular flexibility index (Phi) is 6.34. The molecule has 0 atom stereocenters. The first-order valence-corrected chi connectivity index (χ1v) is 17.0. The van der Waals surface area contributed by atoms with E-state index in [2.05, 4.69) is 153 Å². The van der Waals surface area contributed by atoms with Crippen LogP contribution in [0.25, 0.3) is 49.9 Å². The first kappa shape index (κ1) is 29.3. The number of aromatic nitrogens is 4. The Morgan fingerprint density at radius 3 is 1.96 bits per heavy atom. The first-order valence-electron chi connectivity index (χ1n) is 17.0. The smallest absolute Gasteiger partial charge is 0.145 e. The second-order valence-electron chi connectivity index (χ2n) is 14.6. The van der Waals surface area contributed by atoms with Gasteiger partial charge in [0.05, 0.1) is 33.4 Å². The Hall–Kier alpha value is -5.81. The van der Waals surface area contributed by atoms with Crippen LogP contribution in [0.1, 0.15) is 51.3 Å². The number of rotatable bonds is 3. The van der Waals surface area contributed by atoms with Gasteiger partial charge in [-0.1, -0.05) is 83.1 Å². The number of nitrogens with zero attached hydrogens (tertiary/aromatic N) is 5. The topological polar surface area (TPSA) is 46.8 Å². The summed E-state index contributed by atoms with van der Waals surface area (Å²) < 4.78 is 2.28. The van der Waals surface area contributed by atoms with Crippen molar-refractivity contribution < 1.29 is 0 Å². The molecule has 3 aromatic heterocycles. The second kappa shape index (κ2) is 10.6. The third-order valence-corrected chi connectivity index (χ3v) is 10.2. The molecule has 0 amide bonds. The van der Waals surface area contributed by atoms with Gasteiger partial charge in [-0.15, -0.1) is 0 Å². The van der Waals surface area contributed by atoms with Crippen molar-refractivity contribution in [2.45, 2.75) is 45.4 Å². The molecule has 8 aromatic rings. The Labute approximate surface area is 286 Å². The fraction of sp³-hybridized carbons (Fsp3) is 0.159. The van der Waals surface area contributed by atoms with E-state index in [9.17, 15) is 0 Å². The number of hydrogen-bond acceptors (Lipinski definition) is 4. The van der Waals surface area contributed by atoms with Crippen molar-refractivity contribution in [2.75, 3.05) is 4.90 Å². The number of anilines is 3. The minimum Gasteiger partial charge on any atom is -0.310 e. The average molecular weight is 636 g/mol. The molecule has 0 saturated heterocycles. The van der Waals surface area contributed by atoms with Crippen LogP contribution in [0.2, 0.25) is 0 Å². The van der Waals surface area contributed by atoms with Crippen molar-refractivity contribution in [2.24, 2.45) is 0 Å². The van der Waals surface area contributed by atoms with Gasteiger partial charge >= 0.3 is 0 Å². The van der Waals surface area contributed by atoms with Crippen LogP contribution in [-0.2, 0) is 10.8 Å². The molecule has 0 spiro atoms. The number of fused-ring (bicyclic) bond motifs is 8. The quantitative estimate of drug-likeness (QED) is 0.181. The van der Waals surface area contributed by atoms with Gasteiger partial charge in [-0.25, -0.2) is 4.98 Å². The standard InChI is InChI=1S/C44H37N5/c1-43(2,3)29-21-24-37-35(27-29)44(4,5)34-17-9-10-18-36(34)48(37)31-22-19-28(20-23-31)42-47-40-32-15-11-25-45-38(32)39-33(16-12-26-46-39)41(40)49(42)30-13-7-6-8-14-30/h6-27H,1-5H3. The molecule has 0 radical (unpaired) electrons. The molecule has 0 N–H and O–H groups in total. The predicted octanol–water partition coefficient (Wildman–Crippen LogP) is 11.2. The van der Waals surface area contributed by atoms with Crippen molar-refractivity contribution in [1.82, 2.24) is 19.5 Å². The molecule has 4 heterocycles. The van der Waals surface area contributed by atoms with E-state index < -0.39 is 0 Å². The Morgan fingerprint density at radius 1 is 0.571 bits per heavy atom. The predicted molar refractivity (Wildman–Crippen MR) is 203 cm³/mol. The van der Waals surface area contributed by atoms with Crippen LogP contribution in [0.15, 0.2) is 134 Å². The van der Waals surface area contributed by atoms with Crippen LogP contribution in [0.3, 0.4) is 0 Å². The summed E-state index contributed by atoms with van der Waals surface area (Å²) in [5.41, 5.74) is 13.3. The fourth-order valence-electron chi connectivity index (χ4n) is 7.66. The molecule has 5 heteroatoms. The van der Waals surface area contributed by atoms with E-state index in [1.807, 2.05) is 24.5 Å². The number of hydrogen-bond donors (Lipinski definition) is 0. The minimum absolute atomic E-state index is 0.0571. The molecule has 238 valence electrons. The van der Waals surface area contributed by atoms with Gasteiger partial charge in [0, 0.05) is 45.5 Å². The zero-order valence-electron chi connectivity index (χ0n) is 28.4. The van der Waals surface area contributed by atoms with Crippen molar-refractivity contribution in [3.63, 3.8) is 0 Å². The highest BCUT2D eigenvalue weighted by atomic mass is 15.2. The molecular formula is C44H37N5. The maximum atomic E-state index is 5.38. The molecule has 0 aliphatic carbocycles. The van der Waals surface area contributed by atoms with Crippen molar-refractivity contribution in [3.05, 3.63) is 150 Å². The average Bonchev–Trinajstić information content (AvgIpc) is 3.53. The van der Waals surface area contributed by atoms with E-state index in [1.54, 1.807) is 0 Å². The lowest BCUT2D eigenvalue weighted by Gasteiger charge is -2.42. The van der Waals surface area contributed by atoms with E-state index in [-0.39, 0.29) is 10.8 Å². The van der Waals surface area contributed by atoms with E-state index in [1.165, 1.54) is 28.1 Å². The van der Waals surface area contributed by atoms with Gasteiger partial charge in [0.15, 0.2) is 0 Å². The maximum absolute atomic E-state index is 5.38. The summed E-state index contributed by atoms with van der Waals surface area (Å²) in [6.45, 7) is 11.6. The summed E-state index contributed by atoms with van der Waals surface area (Å²) in [6, 6.07) is 43.5. The SMILES string of the molecule is CC(C)(C)c1ccc2c(c1)C(C)(C)c1ccccc1N2c1ccc(-c2nc3c4cccnc4c4ncccc4c3n2-c2ccccc2)cc1. The van der Waals surface area contributed by atoms with Crippen LogP contribution < -0.4 is 4.90 Å². The summed E-state index contributed by atoms with van der Waals surface area (Å²) in [7, 11) is 0. The van der Waals surface area contributed by atoms with E-state index in [0.29, 0.717) is 0 Å². The van der Waals surface area contributed by atoms with Gasteiger partial charge < -0.3 is 4.90 Å². The highest BCUT2D eigenvalue weighted by Crippen LogP contribution is 2.52. The van der Waals surface area contributed by atoms with Crippen LogP contribution in [0.4, 0.5) is 17.1 Å². The minimum atomic E-state index is -0.139. The Balaban J connectivity index is 1.26. The molecule has 0 fully saturated rings. The van der Waals surface area contributed by atoms with Crippen molar-refractivity contribution >= 4 is 49.9 Å². The number of pyridine rings is 2. The van der Waals surface area contributed by atoms with E-state index in [0.717, 1.165) is 55.6 Å². The Morgan fingerprint density at radius 2 is 1.22 bits per heavy atom. The van der Waals surface area contributed by atoms with Crippen LogP contribution in [0.5, 0.6) is 0 Å². The van der Waals surface area contributed by atoms with Crippen molar-refractivity contribution in [3.8, 4) is 17.1 Å². The largest absolute Gasteiger partial charge is 0.310 e. The highest BCUT2D eigenvalue weighted by molar-refractivity contribution is 6.21. The maximum Gasteiger partial charge on any atom is 0.145 e. The van der Waals surface area contributed by atoms with Gasteiger partial charge in [0.25, 0.3) is 0 Å². The van der Waals surface area contributed by atoms with Gasteiger partial charge in [0.2, 0.25) is 0 Å². The molecule has 1 aliphatic rings. The van der Waals surface area contributed by atoms with Crippen LogP contribution in [-0.4, -0.2) is 19.5 Å². The first-order chi connectivity index (χ1) is 23.7. The van der Waals surface area contributed by atoms with Gasteiger partial charge in [0.1, 0.15) is 5.82 Å². The third kappa shape index (κ3) is 4.42. The van der Waals surface area contributed by atoms with E-state index >= 15 is 0 Å². The summed E-state index contributed by atoms with van der Waals surface area (Å²) >= 11 is 0. The van der Waals surface area contributed by atoms with Gasteiger partial charge in [-0.3, -0.25) is 14.5 Å². The lowest BCUT2D eigenvalue weighted by atomic mass is 9.71. The molecule has 0 saturated carbocycles. The zero-order valence-corrected chi connectivity index (χ0v) is 28.4. The monoisotopic (exact) mass is 635 g/mol. The molecule has 0 bridgehead atoms. The summed E-state index contributed by atoms with van der Waals surface area (Å²) in [5, 5.41) is 2.02. The number of benzene rings is 5. The molecular weight excluding hydrogens is 599 g/mol. The van der Waals surface area contributed by atoms with Crippen LogP contribution >= 0.6 is 0 Å². The molecule has 49 heavy (non-hydrogen) atoms. The second-order valence-corrected chi connectivity index (χ2v) is 14.6. The van der Waals surface area contributed by atoms with Crippen LogP contribution in [0, 0.1) is 0 Å². The molecule has 5 nitrogen and oxygen atoms in total. The molecule has 9 rings (SSSR count). The molecule has 1 aliphatic heterocycles. The van der Waals surface area contributed by atoms with Gasteiger partial charge in [-0.05, 0) is 94.9 Å². The van der Waals surface area contributed by atoms with E-state index in [4.69, 9.17) is 15.0 Å². The third-order valence-electron chi connectivity index (χ3n) is 10.2. The summed E-state index contributed by atoms with van der Waals surface area (Å²) in [5.74, 6) is 0.879. The number of imidazole rings is 1. The lowest BCUT2D eigenvalue weighted by molar-refractivity contribution is 0.580. The highest BCUT2D eigenvalue weighted by Gasteiger charge is 2.37. The Bertz CT molecular complexity index is 2560. The normalized spacial score (nSPS) is 13.9. The zero-order chi connectivity index (χ0) is 33.5. The fourth-order valence-corrected chi connectivity index (χ4v) is 7.66. The summed E-state index contributed by atoms with van der Waals surface area (Å²) in [4.78, 5) is 17.4. The summed E-state index contributed by atoms with van der Waals surface area (Å²) in [6.07, 6.45) is 3.67. The van der Waals surface area contributed by atoms with Crippen molar-refractivity contribution in [1.29, 1.82) is 0 Å². The molecule has 0 unspecified atom stereocenters.